The Labute approximate surface area is 343 Å². The number of aryl methyl sites for hydroxylation is 1. The Kier molecular flexibility index (Phi) is 10.1. The Hall–Kier alpha value is -7.24. The zero-order valence-electron chi connectivity index (χ0n) is 32.7. The predicted octanol–water partition coefficient (Wildman–Crippen LogP) is 2.40. The van der Waals surface area contributed by atoms with E-state index in [0.29, 0.717) is 49.8 Å². The summed E-state index contributed by atoms with van der Waals surface area (Å²) in [5, 5.41) is 8.68. The van der Waals surface area contributed by atoms with Crippen LogP contribution >= 0.6 is 0 Å². The van der Waals surface area contributed by atoms with Gasteiger partial charge < -0.3 is 29.7 Å². The number of carbonyl (C=O) groups is 6. The van der Waals surface area contributed by atoms with Crippen molar-refractivity contribution in [3.05, 3.63) is 101 Å². The van der Waals surface area contributed by atoms with Crippen LogP contribution in [0.3, 0.4) is 0 Å². The largest absolute Gasteiger partial charge is 0.483 e. The van der Waals surface area contributed by atoms with E-state index in [2.05, 4.69) is 46.9 Å². The van der Waals surface area contributed by atoms with Gasteiger partial charge in [-0.15, -0.1) is 0 Å². The first-order valence-corrected chi connectivity index (χ1v) is 19.9. The summed E-state index contributed by atoms with van der Waals surface area (Å²) < 4.78 is 7.88. The van der Waals surface area contributed by atoms with Crippen molar-refractivity contribution in [2.24, 2.45) is 0 Å². The SMILES string of the molecule is Cc1cccc(C(=O)NC2CC(n3cnc4c(NCc5cccc(N6CCN(C(=O)COc7cccc8c7C(=O)N([C@H]7CCC(=O)NC7=O)C8=O)CC6)c5)ncnc43)C2)n1. The fraction of sp³-hybridized carbons (Fsp3) is 0.333. The smallest absolute Gasteiger partial charge is 0.270 e. The molecule has 6 amide bonds. The first-order chi connectivity index (χ1) is 29.1. The van der Waals surface area contributed by atoms with Gasteiger partial charge in [0.2, 0.25) is 11.8 Å². The highest BCUT2D eigenvalue weighted by atomic mass is 16.5. The van der Waals surface area contributed by atoms with E-state index < -0.39 is 29.7 Å². The maximum absolute atomic E-state index is 13.4. The van der Waals surface area contributed by atoms with E-state index in [1.807, 2.05) is 41.8 Å². The van der Waals surface area contributed by atoms with Crippen LogP contribution in [0.15, 0.2) is 73.3 Å². The number of carbonyl (C=O) groups excluding carboxylic acids is 6. The first kappa shape index (κ1) is 38.3. The van der Waals surface area contributed by atoms with E-state index in [-0.39, 0.29) is 60.2 Å². The molecule has 4 aliphatic rings. The molecule has 60 heavy (non-hydrogen) atoms. The molecule has 2 saturated heterocycles. The molecule has 1 atom stereocenters. The number of amides is 6. The van der Waals surface area contributed by atoms with Gasteiger partial charge in [0, 0.05) is 62.6 Å². The van der Waals surface area contributed by atoms with Crippen LogP contribution in [-0.4, -0.2) is 115 Å². The Morgan fingerprint density at radius 3 is 2.52 bits per heavy atom. The van der Waals surface area contributed by atoms with Gasteiger partial charge in [-0.2, -0.15) is 0 Å². The third-order valence-corrected chi connectivity index (χ3v) is 11.5. The summed E-state index contributed by atoms with van der Waals surface area (Å²) in [6.45, 7) is 4.12. The minimum absolute atomic E-state index is 0.000744. The van der Waals surface area contributed by atoms with Crippen LogP contribution < -0.4 is 25.6 Å². The zero-order valence-corrected chi connectivity index (χ0v) is 32.7. The van der Waals surface area contributed by atoms with E-state index in [0.717, 1.165) is 40.3 Å². The molecule has 18 nitrogen and oxygen atoms in total. The average molecular weight is 812 g/mol. The summed E-state index contributed by atoms with van der Waals surface area (Å²) in [6, 6.07) is 17.2. The topological polar surface area (TPSA) is 214 Å². The summed E-state index contributed by atoms with van der Waals surface area (Å²) in [4.78, 5) is 99.4. The van der Waals surface area contributed by atoms with Crippen LogP contribution in [0.4, 0.5) is 11.5 Å². The van der Waals surface area contributed by atoms with Crippen LogP contribution in [0.25, 0.3) is 11.2 Å². The van der Waals surface area contributed by atoms with Gasteiger partial charge >= 0.3 is 0 Å². The molecule has 3 fully saturated rings. The third-order valence-electron chi connectivity index (χ3n) is 11.5. The molecule has 3 N–H and O–H groups in total. The lowest BCUT2D eigenvalue weighted by atomic mass is 9.86. The number of hydrogen-bond acceptors (Lipinski definition) is 13. The number of hydrogen-bond donors (Lipinski definition) is 3. The highest BCUT2D eigenvalue weighted by Crippen LogP contribution is 2.36. The molecule has 306 valence electrons. The molecule has 6 heterocycles. The molecule has 0 unspecified atom stereocenters. The Morgan fingerprint density at radius 2 is 1.72 bits per heavy atom. The summed E-state index contributed by atoms with van der Waals surface area (Å²) in [7, 11) is 0. The lowest BCUT2D eigenvalue weighted by molar-refractivity contribution is -0.136. The quantitative estimate of drug-likeness (QED) is 0.164. The van der Waals surface area contributed by atoms with Crippen molar-refractivity contribution in [2.45, 2.75) is 57.3 Å². The molecule has 0 spiro atoms. The van der Waals surface area contributed by atoms with E-state index in [9.17, 15) is 28.8 Å². The molecular weight excluding hydrogens is 771 g/mol. The van der Waals surface area contributed by atoms with Crippen molar-refractivity contribution >= 4 is 58.1 Å². The van der Waals surface area contributed by atoms with Crippen LogP contribution in [0.1, 0.15) is 74.2 Å². The minimum atomic E-state index is -1.10. The maximum Gasteiger partial charge on any atom is 0.270 e. The number of nitrogens with one attached hydrogen (secondary N) is 3. The number of fused-ring (bicyclic) bond motifs is 2. The van der Waals surface area contributed by atoms with Gasteiger partial charge in [-0.25, -0.2) is 19.9 Å². The molecule has 5 aromatic rings. The van der Waals surface area contributed by atoms with Crippen molar-refractivity contribution < 1.29 is 33.5 Å². The molecule has 9 rings (SSSR count). The van der Waals surface area contributed by atoms with Crippen LogP contribution in [-0.2, 0) is 20.9 Å². The minimum Gasteiger partial charge on any atom is -0.483 e. The summed E-state index contributed by atoms with van der Waals surface area (Å²) >= 11 is 0. The lowest BCUT2D eigenvalue weighted by Crippen LogP contribution is -2.54. The number of piperazine rings is 1. The first-order valence-electron chi connectivity index (χ1n) is 19.9. The molecule has 18 heteroatoms. The van der Waals surface area contributed by atoms with Gasteiger partial charge in [-0.05, 0) is 68.1 Å². The van der Waals surface area contributed by atoms with Crippen molar-refractivity contribution in [3.63, 3.8) is 0 Å². The Morgan fingerprint density at radius 1 is 0.917 bits per heavy atom. The number of rotatable bonds is 11. The van der Waals surface area contributed by atoms with Crippen molar-refractivity contribution in [2.75, 3.05) is 43.0 Å². The van der Waals surface area contributed by atoms with Crippen molar-refractivity contribution in [3.8, 4) is 5.75 Å². The Bertz CT molecular complexity index is 2560. The van der Waals surface area contributed by atoms with Crippen molar-refractivity contribution in [1.29, 1.82) is 0 Å². The second-order valence-electron chi connectivity index (χ2n) is 15.3. The Balaban J connectivity index is 0.764. The molecule has 3 aromatic heterocycles. The van der Waals surface area contributed by atoms with Gasteiger partial charge in [0.25, 0.3) is 23.6 Å². The number of imidazole rings is 1. The van der Waals surface area contributed by atoms with Gasteiger partial charge in [-0.1, -0.05) is 24.3 Å². The van der Waals surface area contributed by atoms with E-state index >= 15 is 0 Å². The third kappa shape index (κ3) is 7.35. The predicted molar refractivity (Wildman–Crippen MR) is 215 cm³/mol. The fourth-order valence-corrected chi connectivity index (χ4v) is 8.21. The van der Waals surface area contributed by atoms with Gasteiger partial charge in [0.15, 0.2) is 18.1 Å². The number of ether oxygens (including phenoxy) is 1. The second-order valence-corrected chi connectivity index (χ2v) is 15.3. The van der Waals surface area contributed by atoms with Crippen LogP contribution in [0, 0.1) is 6.92 Å². The molecule has 0 bridgehead atoms. The number of imide groups is 2. The van der Waals surface area contributed by atoms with E-state index in [1.54, 1.807) is 23.4 Å². The standard InChI is InChI=1S/C42H41N11O7/c1-24-5-2-9-30(47-24)39(56)48-26-18-28(19-26)52-23-46-36-37(44-22-45-38(36)52)43-20-25-6-3-7-27(17-25)50-13-15-51(16-14-50)34(55)21-60-32-10-4-8-29-35(32)42(59)53(41(29)58)31-11-12-33(54)49-40(31)57/h2-10,17,22-23,26,28,31H,11-16,18-21H2,1H3,(H,48,56)(H,43,44,45)(H,49,54,57)/t26?,28?,31-/m0/s1. The molecule has 3 aliphatic heterocycles. The van der Waals surface area contributed by atoms with Gasteiger partial charge in [0.1, 0.15) is 29.3 Å². The number of benzene rings is 2. The molecule has 0 radical (unpaired) electrons. The highest BCUT2D eigenvalue weighted by molar-refractivity contribution is 6.24. The molecule has 2 aromatic carbocycles. The summed E-state index contributed by atoms with van der Waals surface area (Å²) in [5.41, 5.74) is 4.74. The molecule has 1 aliphatic carbocycles. The lowest BCUT2D eigenvalue weighted by Gasteiger charge is -2.36. The molecule has 1 saturated carbocycles. The van der Waals surface area contributed by atoms with Crippen LogP contribution in [0.5, 0.6) is 5.75 Å². The second kappa shape index (κ2) is 15.8. The highest BCUT2D eigenvalue weighted by Gasteiger charge is 2.46. The number of nitrogens with zero attached hydrogens (tertiary/aromatic N) is 8. The number of pyridine rings is 1. The van der Waals surface area contributed by atoms with Crippen molar-refractivity contribution in [1.82, 2.24) is 44.9 Å². The fourth-order valence-electron chi connectivity index (χ4n) is 8.21. The molecular formula is C42H41N11O7. The number of piperidine rings is 1. The van der Waals surface area contributed by atoms with Gasteiger partial charge in [-0.3, -0.25) is 39.0 Å². The maximum atomic E-state index is 13.4. The normalized spacial score (nSPS) is 20.1. The van der Waals surface area contributed by atoms with Crippen LogP contribution in [0.2, 0.25) is 0 Å². The zero-order chi connectivity index (χ0) is 41.5. The van der Waals surface area contributed by atoms with E-state index in [4.69, 9.17) is 4.74 Å². The van der Waals surface area contributed by atoms with Gasteiger partial charge in [0.05, 0.1) is 17.5 Å². The number of aromatic nitrogens is 5. The number of anilines is 2. The monoisotopic (exact) mass is 811 g/mol. The summed E-state index contributed by atoms with van der Waals surface area (Å²) in [6.07, 6.45) is 4.87. The average Bonchev–Trinajstić information content (AvgIpc) is 3.78. The van der Waals surface area contributed by atoms with E-state index in [1.165, 1.54) is 18.5 Å². The summed E-state index contributed by atoms with van der Waals surface area (Å²) in [5.74, 6) is -2.22.